The van der Waals surface area contributed by atoms with E-state index in [1.807, 2.05) is 0 Å². The van der Waals surface area contributed by atoms with Gasteiger partial charge in [0.25, 0.3) is 0 Å². The molecular formula is C10H17N3O. The van der Waals surface area contributed by atoms with Gasteiger partial charge < -0.3 is 4.74 Å². The summed E-state index contributed by atoms with van der Waals surface area (Å²) in [7, 11) is 1.74. The molecule has 0 fully saturated rings. The number of methoxy groups -OCH3 is 1. The van der Waals surface area contributed by atoms with Gasteiger partial charge in [0.15, 0.2) is 0 Å². The molecule has 0 radical (unpaired) electrons. The highest BCUT2D eigenvalue weighted by Gasteiger charge is 2.20. The minimum atomic E-state index is 0.716. The van der Waals surface area contributed by atoms with Crippen LogP contribution in [0.25, 0.3) is 0 Å². The maximum Gasteiger partial charge on any atom is 0.0989 e. The summed E-state index contributed by atoms with van der Waals surface area (Å²) in [6.07, 6.45) is 2.07. The van der Waals surface area contributed by atoms with Gasteiger partial charge in [-0.15, -0.1) is 0 Å². The summed E-state index contributed by atoms with van der Waals surface area (Å²) in [5.74, 6) is 0. The van der Waals surface area contributed by atoms with E-state index < -0.39 is 0 Å². The zero-order valence-electron chi connectivity index (χ0n) is 8.84. The molecule has 0 unspecified atom stereocenters. The van der Waals surface area contributed by atoms with E-state index in [1.165, 1.54) is 17.0 Å². The molecule has 0 atom stereocenters. The zero-order chi connectivity index (χ0) is 9.97. The highest BCUT2D eigenvalue weighted by atomic mass is 16.5. The fourth-order valence-corrected chi connectivity index (χ4v) is 2.00. The van der Waals surface area contributed by atoms with Crippen LogP contribution in [-0.4, -0.2) is 35.5 Å². The summed E-state index contributed by atoms with van der Waals surface area (Å²) in [4.78, 5) is 2.30. The number of aryl methyl sites for hydroxylation is 1. The predicted octanol–water partition coefficient (Wildman–Crippen LogP) is 0.934. The minimum Gasteiger partial charge on any atom is -0.369 e. The second kappa shape index (κ2) is 4.11. The van der Waals surface area contributed by atoms with E-state index in [1.54, 1.807) is 7.11 Å². The van der Waals surface area contributed by atoms with Crippen molar-refractivity contribution in [3.05, 3.63) is 17.0 Å². The number of ether oxygens (including phenoxy) is 1. The molecule has 4 heteroatoms. The first kappa shape index (κ1) is 9.68. The lowest BCUT2D eigenvalue weighted by Crippen LogP contribution is -2.32. The van der Waals surface area contributed by atoms with Crippen molar-refractivity contribution in [2.24, 2.45) is 0 Å². The molecule has 0 saturated heterocycles. The topological polar surface area (TPSA) is 41.2 Å². The third kappa shape index (κ3) is 1.67. The van der Waals surface area contributed by atoms with Gasteiger partial charge in [0.2, 0.25) is 0 Å². The molecule has 1 aromatic rings. The van der Waals surface area contributed by atoms with Gasteiger partial charge in [0, 0.05) is 37.9 Å². The van der Waals surface area contributed by atoms with Gasteiger partial charge in [-0.05, 0) is 6.42 Å². The van der Waals surface area contributed by atoms with E-state index in [9.17, 15) is 0 Å². The fraction of sp³-hybridized carbons (Fsp3) is 0.700. The van der Waals surface area contributed by atoms with E-state index in [2.05, 4.69) is 22.0 Å². The van der Waals surface area contributed by atoms with Crippen LogP contribution in [0.1, 0.15) is 23.9 Å². The summed E-state index contributed by atoms with van der Waals surface area (Å²) in [6, 6.07) is 0. The van der Waals surface area contributed by atoms with Crippen LogP contribution in [0, 0.1) is 0 Å². The van der Waals surface area contributed by atoms with Crippen molar-refractivity contribution in [1.82, 2.24) is 15.1 Å². The lowest BCUT2D eigenvalue weighted by atomic mass is 10.0. The van der Waals surface area contributed by atoms with Crippen molar-refractivity contribution in [2.75, 3.05) is 20.4 Å². The fourth-order valence-electron chi connectivity index (χ4n) is 2.00. The molecule has 0 aliphatic carbocycles. The van der Waals surface area contributed by atoms with Crippen molar-refractivity contribution < 1.29 is 4.74 Å². The number of aromatic amines is 1. The Labute approximate surface area is 84.3 Å². The molecule has 0 aromatic carbocycles. The van der Waals surface area contributed by atoms with E-state index in [-0.39, 0.29) is 0 Å². The zero-order valence-corrected chi connectivity index (χ0v) is 8.84. The summed E-state index contributed by atoms with van der Waals surface area (Å²) < 4.78 is 5.14. The molecule has 1 aromatic heterocycles. The van der Waals surface area contributed by atoms with E-state index in [0.29, 0.717) is 6.73 Å². The minimum absolute atomic E-state index is 0.716. The molecule has 1 N–H and O–H groups in total. The molecule has 78 valence electrons. The van der Waals surface area contributed by atoms with Gasteiger partial charge >= 0.3 is 0 Å². The van der Waals surface area contributed by atoms with Crippen LogP contribution in [0.2, 0.25) is 0 Å². The molecule has 4 nitrogen and oxygen atoms in total. The van der Waals surface area contributed by atoms with Crippen molar-refractivity contribution in [3.8, 4) is 0 Å². The molecule has 14 heavy (non-hydrogen) atoms. The highest BCUT2D eigenvalue weighted by molar-refractivity contribution is 5.27. The second-order valence-electron chi connectivity index (χ2n) is 3.70. The van der Waals surface area contributed by atoms with Crippen molar-refractivity contribution in [1.29, 1.82) is 0 Å². The molecule has 1 aliphatic heterocycles. The third-order valence-electron chi connectivity index (χ3n) is 2.74. The summed E-state index contributed by atoms with van der Waals surface area (Å²) in [5.41, 5.74) is 3.91. The lowest BCUT2D eigenvalue weighted by Gasteiger charge is -2.25. The molecule has 0 bridgehead atoms. The van der Waals surface area contributed by atoms with Crippen LogP contribution < -0.4 is 0 Å². The summed E-state index contributed by atoms with van der Waals surface area (Å²) >= 11 is 0. The van der Waals surface area contributed by atoms with Gasteiger partial charge in [-0.3, -0.25) is 10.00 Å². The average molecular weight is 195 g/mol. The molecular weight excluding hydrogens is 178 g/mol. The van der Waals surface area contributed by atoms with Crippen molar-refractivity contribution >= 4 is 0 Å². The van der Waals surface area contributed by atoms with Crippen LogP contribution >= 0.6 is 0 Å². The van der Waals surface area contributed by atoms with Gasteiger partial charge in [-0.2, -0.15) is 5.10 Å². The molecule has 2 rings (SSSR count). The maximum absolute atomic E-state index is 5.14. The number of nitrogens with one attached hydrogen (secondary N) is 1. The lowest BCUT2D eigenvalue weighted by molar-refractivity contribution is 0.0540. The molecule has 0 saturated carbocycles. The Morgan fingerprint density at radius 3 is 3.14 bits per heavy atom. The summed E-state index contributed by atoms with van der Waals surface area (Å²) in [5, 5.41) is 7.44. The molecule has 1 aliphatic rings. The number of hydrogen-bond acceptors (Lipinski definition) is 3. The monoisotopic (exact) mass is 195 g/mol. The van der Waals surface area contributed by atoms with Gasteiger partial charge in [-0.1, -0.05) is 6.92 Å². The van der Waals surface area contributed by atoms with Crippen LogP contribution in [0.15, 0.2) is 0 Å². The van der Waals surface area contributed by atoms with Crippen molar-refractivity contribution in [2.45, 2.75) is 26.3 Å². The Morgan fingerprint density at radius 1 is 1.57 bits per heavy atom. The Bertz CT molecular complexity index is 295. The maximum atomic E-state index is 5.14. The first-order valence-corrected chi connectivity index (χ1v) is 5.11. The third-order valence-corrected chi connectivity index (χ3v) is 2.74. The first-order chi connectivity index (χ1) is 6.85. The Morgan fingerprint density at radius 2 is 2.43 bits per heavy atom. The predicted molar refractivity (Wildman–Crippen MR) is 54.0 cm³/mol. The Hall–Kier alpha value is -0.870. The van der Waals surface area contributed by atoms with Crippen LogP contribution in [0.5, 0.6) is 0 Å². The molecule has 2 heterocycles. The van der Waals surface area contributed by atoms with Gasteiger partial charge in [0.05, 0.1) is 12.4 Å². The van der Waals surface area contributed by atoms with E-state index >= 15 is 0 Å². The van der Waals surface area contributed by atoms with Crippen LogP contribution in [-0.2, 0) is 24.1 Å². The van der Waals surface area contributed by atoms with E-state index in [4.69, 9.17) is 4.74 Å². The van der Waals surface area contributed by atoms with Crippen LogP contribution in [0.3, 0.4) is 0 Å². The quantitative estimate of drug-likeness (QED) is 0.780. The normalized spacial score (nSPS) is 17.0. The second-order valence-corrected chi connectivity index (χ2v) is 3.70. The largest absolute Gasteiger partial charge is 0.369 e. The smallest absolute Gasteiger partial charge is 0.0989 e. The number of aromatic nitrogens is 2. The Kier molecular flexibility index (Phi) is 2.84. The molecule has 0 spiro atoms. The number of fused-ring (bicyclic) bond motifs is 1. The first-order valence-electron chi connectivity index (χ1n) is 5.11. The number of nitrogens with zero attached hydrogens (tertiary/aromatic N) is 2. The van der Waals surface area contributed by atoms with Gasteiger partial charge in [0.1, 0.15) is 0 Å². The number of rotatable bonds is 3. The molecule has 0 amide bonds. The van der Waals surface area contributed by atoms with Crippen molar-refractivity contribution in [3.63, 3.8) is 0 Å². The average Bonchev–Trinajstić information content (AvgIpc) is 2.60. The van der Waals surface area contributed by atoms with Gasteiger partial charge in [-0.25, -0.2) is 0 Å². The number of hydrogen-bond donors (Lipinski definition) is 1. The van der Waals surface area contributed by atoms with Crippen LogP contribution in [0.4, 0.5) is 0 Å². The Balaban J connectivity index is 2.14. The van der Waals surface area contributed by atoms with E-state index in [0.717, 1.165) is 25.9 Å². The standard InChI is InChI=1S/C10H17N3O/c1-3-9-8-6-13(7-14-2)5-4-10(8)12-11-9/h3-7H2,1-2H3,(H,11,12). The summed E-state index contributed by atoms with van der Waals surface area (Å²) in [6.45, 7) is 4.90. The highest BCUT2D eigenvalue weighted by Crippen LogP contribution is 2.20. The number of H-pyrrole nitrogens is 1. The SMILES string of the molecule is CCc1n[nH]c2c1CN(COC)CC2.